The number of benzene rings is 1. The van der Waals surface area contributed by atoms with Crippen LogP contribution >= 0.6 is 0 Å². The van der Waals surface area contributed by atoms with E-state index in [4.69, 9.17) is 9.47 Å². The lowest BCUT2D eigenvalue weighted by molar-refractivity contribution is 0.174. The molecular formula is C16H18N2O3. The molecule has 5 heteroatoms. The molecule has 0 saturated heterocycles. The summed E-state index contributed by atoms with van der Waals surface area (Å²) in [6.45, 7) is 3.96. The Kier molecular flexibility index (Phi) is 3.92. The highest BCUT2D eigenvalue weighted by atomic mass is 16.7. The molecule has 1 aromatic carbocycles. The zero-order chi connectivity index (χ0) is 14.7. The molecule has 1 aliphatic heterocycles. The average Bonchev–Trinajstić information content (AvgIpc) is 2.96. The second-order valence-electron chi connectivity index (χ2n) is 4.95. The summed E-state index contributed by atoms with van der Waals surface area (Å²) in [6.07, 6.45) is 3.61. The quantitative estimate of drug-likeness (QED) is 0.912. The van der Waals surface area contributed by atoms with Crippen molar-refractivity contribution in [2.45, 2.75) is 19.5 Å². The molecule has 0 fully saturated rings. The lowest BCUT2D eigenvalue weighted by atomic mass is 10.1. The number of aromatic nitrogens is 1. The molecule has 2 aromatic rings. The van der Waals surface area contributed by atoms with Crippen molar-refractivity contribution in [2.75, 3.05) is 13.3 Å². The van der Waals surface area contributed by atoms with Gasteiger partial charge in [0, 0.05) is 31.1 Å². The van der Waals surface area contributed by atoms with Crippen LogP contribution in [0.1, 0.15) is 18.5 Å². The number of hydrogen-bond acceptors (Lipinski definition) is 4. The van der Waals surface area contributed by atoms with E-state index in [0.29, 0.717) is 0 Å². The first-order valence-corrected chi connectivity index (χ1v) is 7.05. The third-order valence-electron chi connectivity index (χ3n) is 3.50. The van der Waals surface area contributed by atoms with Gasteiger partial charge in [-0.1, -0.05) is 13.0 Å². The van der Waals surface area contributed by atoms with Crippen molar-refractivity contribution in [1.29, 1.82) is 0 Å². The summed E-state index contributed by atoms with van der Waals surface area (Å²) in [5.74, 6) is 1.58. The van der Waals surface area contributed by atoms with Crippen LogP contribution in [0.5, 0.6) is 11.5 Å². The number of nitrogens with one attached hydrogen (secondary N) is 1. The minimum Gasteiger partial charge on any atom is -0.454 e. The van der Waals surface area contributed by atoms with Gasteiger partial charge in [0.05, 0.1) is 6.04 Å². The minimum atomic E-state index is 0.0225. The Balaban J connectivity index is 1.83. The van der Waals surface area contributed by atoms with Crippen LogP contribution in [-0.4, -0.2) is 17.9 Å². The van der Waals surface area contributed by atoms with E-state index in [1.807, 2.05) is 22.8 Å². The van der Waals surface area contributed by atoms with Crippen LogP contribution in [0.3, 0.4) is 0 Å². The first-order valence-electron chi connectivity index (χ1n) is 7.05. The zero-order valence-corrected chi connectivity index (χ0v) is 11.9. The number of likely N-dealkylation sites (N-methyl/N-ethyl adjacent to an activating group) is 1. The predicted octanol–water partition coefficient (Wildman–Crippen LogP) is 1.93. The summed E-state index contributed by atoms with van der Waals surface area (Å²) in [6, 6.07) is 9.28. The largest absolute Gasteiger partial charge is 0.454 e. The SMILES string of the molecule is CCNC(Cn1ccc(=O)cc1)c1ccc2c(c1)OCO2. The van der Waals surface area contributed by atoms with Gasteiger partial charge >= 0.3 is 0 Å². The molecule has 1 N–H and O–H groups in total. The van der Waals surface area contributed by atoms with Gasteiger partial charge in [-0.25, -0.2) is 0 Å². The fourth-order valence-corrected chi connectivity index (χ4v) is 2.44. The van der Waals surface area contributed by atoms with E-state index in [1.165, 1.54) is 0 Å². The lowest BCUT2D eigenvalue weighted by Gasteiger charge is -2.20. The lowest BCUT2D eigenvalue weighted by Crippen LogP contribution is -2.25. The first kappa shape index (κ1) is 13.7. The Bertz CT molecular complexity index is 661. The minimum absolute atomic E-state index is 0.0225. The normalized spacial score (nSPS) is 14.1. The fraction of sp³-hybridized carbons (Fsp3) is 0.312. The molecule has 1 aromatic heterocycles. The number of ether oxygens (including phenoxy) is 2. The van der Waals surface area contributed by atoms with Gasteiger partial charge in [0.25, 0.3) is 0 Å². The van der Waals surface area contributed by atoms with E-state index >= 15 is 0 Å². The molecule has 1 atom stereocenters. The van der Waals surface area contributed by atoms with E-state index in [0.717, 1.165) is 30.2 Å². The molecule has 21 heavy (non-hydrogen) atoms. The fourth-order valence-electron chi connectivity index (χ4n) is 2.44. The van der Waals surface area contributed by atoms with Crippen LogP contribution in [0.2, 0.25) is 0 Å². The van der Waals surface area contributed by atoms with Crippen LogP contribution in [-0.2, 0) is 6.54 Å². The highest BCUT2D eigenvalue weighted by Gasteiger charge is 2.17. The van der Waals surface area contributed by atoms with E-state index < -0.39 is 0 Å². The monoisotopic (exact) mass is 286 g/mol. The maximum absolute atomic E-state index is 11.2. The van der Waals surface area contributed by atoms with Crippen LogP contribution in [0, 0.1) is 0 Å². The van der Waals surface area contributed by atoms with Gasteiger partial charge in [-0.2, -0.15) is 0 Å². The molecule has 0 radical (unpaired) electrons. The van der Waals surface area contributed by atoms with Gasteiger partial charge in [0.1, 0.15) is 0 Å². The van der Waals surface area contributed by atoms with Crippen LogP contribution in [0.15, 0.2) is 47.5 Å². The van der Waals surface area contributed by atoms with Crippen molar-refractivity contribution in [1.82, 2.24) is 9.88 Å². The van der Waals surface area contributed by atoms with Crippen molar-refractivity contribution in [3.05, 3.63) is 58.5 Å². The Morgan fingerprint density at radius 1 is 1.19 bits per heavy atom. The molecular weight excluding hydrogens is 268 g/mol. The van der Waals surface area contributed by atoms with Crippen LogP contribution < -0.4 is 20.2 Å². The van der Waals surface area contributed by atoms with Crippen molar-refractivity contribution >= 4 is 0 Å². The summed E-state index contributed by atoms with van der Waals surface area (Å²) in [4.78, 5) is 11.2. The summed E-state index contributed by atoms with van der Waals surface area (Å²) in [5, 5.41) is 3.46. The van der Waals surface area contributed by atoms with Gasteiger partial charge in [-0.05, 0) is 24.2 Å². The number of hydrogen-bond donors (Lipinski definition) is 1. The van der Waals surface area contributed by atoms with Crippen molar-refractivity contribution in [2.24, 2.45) is 0 Å². The molecule has 0 saturated carbocycles. The topological polar surface area (TPSA) is 52.5 Å². The number of rotatable bonds is 5. The molecule has 2 heterocycles. The summed E-state index contributed by atoms with van der Waals surface area (Å²) in [7, 11) is 0. The Hall–Kier alpha value is -2.27. The maximum Gasteiger partial charge on any atom is 0.231 e. The van der Waals surface area contributed by atoms with E-state index in [1.54, 1.807) is 24.5 Å². The molecule has 110 valence electrons. The van der Waals surface area contributed by atoms with Gasteiger partial charge in [0.2, 0.25) is 6.79 Å². The van der Waals surface area contributed by atoms with E-state index in [2.05, 4.69) is 12.2 Å². The average molecular weight is 286 g/mol. The van der Waals surface area contributed by atoms with Crippen molar-refractivity contribution < 1.29 is 9.47 Å². The highest BCUT2D eigenvalue weighted by Crippen LogP contribution is 2.34. The molecule has 3 rings (SSSR count). The van der Waals surface area contributed by atoms with Crippen molar-refractivity contribution in [3.63, 3.8) is 0 Å². The third kappa shape index (κ3) is 3.08. The first-order chi connectivity index (χ1) is 10.3. The smallest absolute Gasteiger partial charge is 0.231 e. The van der Waals surface area contributed by atoms with Crippen molar-refractivity contribution in [3.8, 4) is 11.5 Å². The number of pyridine rings is 1. The van der Waals surface area contributed by atoms with E-state index in [-0.39, 0.29) is 18.3 Å². The maximum atomic E-state index is 11.2. The van der Waals surface area contributed by atoms with Gasteiger partial charge in [0.15, 0.2) is 16.9 Å². The molecule has 5 nitrogen and oxygen atoms in total. The van der Waals surface area contributed by atoms with E-state index in [9.17, 15) is 4.79 Å². The molecule has 0 amide bonds. The molecule has 0 bridgehead atoms. The molecule has 0 spiro atoms. The standard InChI is InChI=1S/C16H18N2O3/c1-2-17-14(10-18-7-5-13(19)6-8-18)12-3-4-15-16(9-12)21-11-20-15/h3-9,14,17H,2,10-11H2,1H3. The number of fused-ring (bicyclic) bond motifs is 1. The molecule has 0 aliphatic carbocycles. The van der Waals surface area contributed by atoms with Gasteiger partial charge in [-0.3, -0.25) is 4.79 Å². The summed E-state index contributed by atoms with van der Waals surface area (Å²) < 4.78 is 12.8. The van der Waals surface area contributed by atoms with Crippen LogP contribution in [0.25, 0.3) is 0 Å². The highest BCUT2D eigenvalue weighted by molar-refractivity contribution is 5.45. The molecule has 1 unspecified atom stereocenters. The zero-order valence-electron chi connectivity index (χ0n) is 11.9. The third-order valence-corrected chi connectivity index (χ3v) is 3.50. The van der Waals surface area contributed by atoms with Gasteiger partial charge in [-0.15, -0.1) is 0 Å². The Labute approximate surface area is 123 Å². The van der Waals surface area contributed by atoms with Crippen LogP contribution in [0.4, 0.5) is 0 Å². The molecule has 1 aliphatic rings. The van der Waals surface area contributed by atoms with Gasteiger partial charge < -0.3 is 19.4 Å². The predicted molar refractivity (Wildman–Crippen MR) is 79.7 cm³/mol. The Morgan fingerprint density at radius 3 is 2.71 bits per heavy atom. The second kappa shape index (κ2) is 6.01. The summed E-state index contributed by atoms with van der Waals surface area (Å²) >= 11 is 0. The Morgan fingerprint density at radius 2 is 1.95 bits per heavy atom. The second-order valence-corrected chi connectivity index (χ2v) is 4.95. The summed E-state index contributed by atoms with van der Waals surface area (Å²) in [5.41, 5.74) is 1.16. The number of nitrogens with zero attached hydrogens (tertiary/aromatic N) is 1.